The van der Waals surface area contributed by atoms with E-state index in [1.165, 1.54) is 16.2 Å². The van der Waals surface area contributed by atoms with Crippen LogP contribution < -0.4 is 4.90 Å². The van der Waals surface area contributed by atoms with E-state index in [2.05, 4.69) is 53.1 Å². The molecule has 6 nitrogen and oxygen atoms in total. The number of carbonyl (C=O) groups is 2. The fourth-order valence-electron chi connectivity index (χ4n) is 5.80. The van der Waals surface area contributed by atoms with Crippen molar-refractivity contribution in [2.24, 2.45) is 23.7 Å². The molecule has 6 heteroatoms. The minimum Gasteiger partial charge on any atom is -0.390 e. The molecule has 0 aromatic heterocycles. The molecule has 5 rings (SSSR count). The van der Waals surface area contributed by atoms with E-state index >= 15 is 0 Å². The van der Waals surface area contributed by atoms with E-state index in [1.54, 1.807) is 0 Å². The fourth-order valence-corrected chi connectivity index (χ4v) is 5.80. The number of anilines is 1. The van der Waals surface area contributed by atoms with Gasteiger partial charge in [0.1, 0.15) is 0 Å². The molecule has 5 atom stereocenters. The Balaban J connectivity index is 1.15. The van der Waals surface area contributed by atoms with Crippen LogP contribution in [0, 0.1) is 30.6 Å². The van der Waals surface area contributed by atoms with Crippen LogP contribution in [0.4, 0.5) is 5.69 Å². The van der Waals surface area contributed by atoms with Gasteiger partial charge in [0.2, 0.25) is 11.8 Å². The van der Waals surface area contributed by atoms with Crippen LogP contribution in [0.5, 0.6) is 0 Å². The molecule has 1 N–H and O–H groups in total. The molecule has 5 unspecified atom stereocenters. The van der Waals surface area contributed by atoms with Crippen LogP contribution >= 0.6 is 0 Å². The molecule has 4 aliphatic rings. The molecule has 2 heterocycles. The summed E-state index contributed by atoms with van der Waals surface area (Å²) in [5, 5.41) is 10.6. The number of amides is 2. The van der Waals surface area contributed by atoms with Crippen molar-refractivity contribution >= 4 is 17.5 Å². The molecule has 2 bridgehead atoms. The average molecular weight is 396 g/mol. The van der Waals surface area contributed by atoms with Gasteiger partial charge in [-0.3, -0.25) is 19.4 Å². The molecule has 0 spiro atoms. The fraction of sp³-hybridized carbons (Fsp3) is 0.565. The third kappa shape index (κ3) is 3.19. The number of fused-ring (bicyclic) bond motifs is 5. The van der Waals surface area contributed by atoms with Gasteiger partial charge in [-0.2, -0.15) is 0 Å². The topological polar surface area (TPSA) is 64.1 Å². The third-order valence-corrected chi connectivity index (χ3v) is 7.25. The predicted molar refractivity (Wildman–Crippen MR) is 110 cm³/mol. The molecule has 154 valence electrons. The van der Waals surface area contributed by atoms with Crippen LogP contribution in [0.3, 0.4) is 0 Å². The smallest absolute Gasteiger partial charge is 0.233 e. The largest absolute Gasteiger partial charge is 0.390 e. The Kier molecular flexibility index (Phi) is 4.71. The number of aliphatic hydroxyl groups excluding tert-OH is 1. The summed E-state index contributed by atoms with van der Waals surface area (Å²) in [4.78, 5) is 31.5. The lowest BCUT2D eigenvalue weighted by Crippen LogP contribution is -2.50. The number of imide groups is 1. The lowest BCUT2D eigenvalue weighted by molar-refractivity contribution is -0.142. The van der Waals surface area contributed by atoms with Crippen LogP contribution in [0.2, 0.25) is 0 Å². The van der Waals surface area contributed by atoms with E-state index in [0.29, 0.717) is 6.54 Å². The SMILES string of the molecule is Cc1ccccc1N1CCN(CC(O)CN2C(=O)C3C4C=CC(C4)C3C2=O)CC1. The van der Waals surface area contributed by atoms with Crippen molar-refractivity contribution in [2.45, 2.75) is 19.4 Å². The molecule has 1 aromatic rings. The number of β-amino-alcohol motifs (C(OH)–C–C–N with tert-alkyl or cyclic N) is 1. The van der Waals surface area contributed by atoms with Crippen molar-refractivity contribution in [3.63, 3.8) is 0 Å². The Morgan fingerprint density at radius 2 is 1.59 bits per heavy atom. The zero-order valence-corrected chi connectivity index (χ0v) is 16.9. The molecule has 29 heavy (non-hydrogen) atoms. The number of aliphatic hydroxyl groups is 1. The molecule has 1 aromatic carbocycles. The van der Waals surface area contributed by atoms with Gasteiger partial charge in [-0.15, -0.1) is 0 Å². The molecule has 0 radical (unpaired) electrons. The van der Waals surface area contributed by atoms with Crippen molar-refractivity contribution in [1.29, 1.82) is 0 Å². The number of allylic oxidation sites excluding steroid dienone is 2. The Bertz CT molecular complexity index is 816. The van der Waals surface area contributed by atoms with E-state index in [4.69, 9.17) is 0 Å². The summed E-state index contributed by atoms with van der Waals surface area (Å²) in [5.74, 6) is -0.0542. The van der Waals surface area contributed by atoms with Crippen LogP contribution in [0.1, 0.15) is 12.0 Å². The summed E-state index contributed by atoms with van der Waals surface area (Å²) in [6.07, 6.45) is 4.45. The lowest BCUT2D eigenvalue weighted by Gasteiger charge is -2.37. The highest BCUT2D eigenvalue weighted by Gasteiger charge is 2.59. The number of likely N-dealkylation sites (tertiary alicyclic amines) is 1. The van der Waals surface area contributed by atoms with Crippen molar-refractivity contribution in [3.8, 4) is 0 Å². The number of carbonyl (C=O) groups excluding carboxylic acids is 2. The maximum Gasteiger partial charge on any atom is 0.233 e. The van der Waals surface area contributed by atoms with E-state index < -0.39 is 6.10 Å². The summed E-state index contributed by atoms with van der Waals surface area (Å²) in [6, 6.07) is 8.41. The molecule has 2 amide bonds. The first kappa shape index (κ1) is 18.8. The Labute approximate surface area is 171 Å². The van der Waals surface area contributed by atoms with Gasteiger partial charge in [-0.05, 0) is 36.8 Å². The van der Waals surface area contributed by atoms with Crippen LogP contribution in [-0.2, 0) is 9.59 Å². The number of hydrogen-bond acceptors (Lipinski definition) is 5. The predicted octanol–water partition coefficient (Wildman–Crippen LogP) is 1.29. The monoisotopic (exact) mass is 395 g/mol. The maximum absolute atomic E-state index is 12.8. The number of rotatable bonds is 5. The number of aryl methyl sites for hydroxylation is 1. The number of hydrogen-bond donors (Lipinski definition) is 1. The standard InChI is InChI=1S/C23H29N3O3/c1-15-4-2-3-5-19(15)25-10-8-24(9-11-25)13-18(27)14-26-22(28)20-16-6-7-17(12-16)21(20)23(26)29/h2-7,16-18,20-21,27H,8-14H2,1H3. The highest BCUT2D eigenvalue weighted by Crippen LogP contribution is 2.52. The van der Waals surface area contributed by atoms with Crippen molar-refractivity contribution in [3.05, 3.63) is 42.0 Å². The molecular formula is C23H29N3O3. The molecule has 2 saturated heterocycles. The number of para-hydroxylation sites is 1. The third-order valence-electron chi connectivity index (χ3n) is 7.25. The van der Waals surface area contributed by atoms with Crippen molar-refractivity contribution < 1.29 is 14.7 Å². The Morgan fingerprint density at radius 3 is 2.21 bits per heavy atom. The van der Waals surface area contributed by atoms with E-state index in [0.717, 1.165) is 32.6 Å². The average Bonchev–Trinajstić information content (AvgIpc) is 3.39. The zero-order valence-electron chi connectivity index (χ0n) is 16.9. The van der Waals surface area contributed by atoms with Gasteiger partial charge < -0.3 is 10.0 Å². The number of piperazine rings is 1. The minimum atomic E-state index is -0.697. The summed E-state index contributed by atoms with van der Waals surface area (Å²) < 4.78 is 0. The second-order valence-corrected chi connectivity index (χ2v) is 9.01. The van der Waals surface area contributed by atoms with E-state index in [-0.39, 0.29) is 42.0 Å². The van der Waals surface area contributed by atoms with Crippen LogP contribution in [0.25, 0.3) is 0 Å². The summed E-state index contributed by atoms with van der Waals surface area (Å²) in [7, 11) is 0. The molecule has 3 fully saturated rings. The molecule has 2 aliphatic carbocycles. The van der Waals surface area contributed by atoms with Gasteiger partial charge in [0.25, 0.3) is 0 Å². The first-order valence-electron chi connectivity index (χ1n) is 10.8. The summed E-state index contributed by atoms with van der Waals surface area (Å²) in [5.41, 5.74) is 2.55. The van der Waals surface area contributed by atoms with E-state index in [1.807, 2.05) is 0 Å². The minimum absolute atomic E-state index is 0.0692. The lowest BCUT2D eigenvalue weighted by atomic mass is 9.85. The van der Waals surface area contributed by atoms with Crippen LogP contribution in [0.15, 0.2) is 36.4 Å². The van der Waals surface area contributed by atoms with Gasteiger partial charge in [0, 0.05) is 38.4 Å². The summed E-state index contributed by atoms with van der Waals surface area (Å²) in [6.45, 7) is 6.32. The second kappa shape index (κ2) is 7.26. The quantitative estimate of drug-likeness (QED) is 0.601. The van der Waals surface area contributed by atoms with Crippen LogP contribution in [-0.4, -0.2) is 72.1 Å². The Morgan fingerprint density at radius 1 is 0.966 bits per heavy atom. The van der Waals surface area contributed by atoms with Gasteiger partial charge in [0.15, 0.2) is 0 Å². The van der Waals surface area contributed by atoms with E-state index in [9.17, 15) is 14.7 Å². The van der Waals surface area contributed by atoms with Gasteiger partial charge in [-0.1, -0.05) is 30.4 Å². The Hall–Kier alpha value is -2.18. The highest BCUT2D eigenvalue weighted by molar-refractivity contribution is 6.06. The van der Waals surface area contributed by atoms with Crippen molar-refractivity contribution in [2.75, 3.05) is 44.2 Å². The van der Waals surface area contributed by atoms with Gasteiger partial charge >= 0.3 is 0 Å². The first-order valence-corrected chi connectivity index (χ1v) is 10.8. The first-order chi connectivity index (χ1) is 14.0. The summed E-state index contributed by atoms with van der Waals surface area (Å²) >= 11 is 0. The number of benzene rings is 1. The zero-order chi connectivity index (χ0) is 20.1. The number of nitrogens with zero attached hydrogens (tertiary/aromatic N) is 3. The highest BCUT2D eigenvalue weighted by atomic mass is 16.3. The second-order valence-electron chi connectivity index (χ2n) is 9.01. The molecule has 1 saturated carbocycles. The van der Waals surface area contributed by atoms with Crippen molar-refractivity contribution in [1.82, 2.24) is 9.80 Å². The normalized spacial score (nSPS) is 32.3. The van der Waals surface area contributed by atoms with Gasteiger partial charge in [0.05, 0.1) is 24.5 Å². The maximum atomic E-state index is 12.8. The van der Waals surface area contributed by atoms with Gasteiger partial charge in [-0.25, -0.2) is 0 Å². The molecule has 2 aliphatic heterocycles. The molecular weight excluding hydrogens is 366 g/mol.